The largest absolute Gasteiger partial charge is 1.00 e. The first-order valence-electron chi connectivity index (χ1n) is 7.95. The molecule has 120 valence electrons. The standard InChI is InChI=1S/C17H28O3S.K/c1-15(2)11-7-5-3-4-6-8-12-16-13-9-10-14-17(16)21(18,19)20;/h9-10,13-15H,3-8,11-12H2,1-2H3,(H,18,19,20);/q;+1/p-1. The fourth-order valence-corrected chi connectivity index (χ4v) is 3.27. The van der Waals surface area contributed by atoms with Gasteiger partial charge in [-0.3, -0.25) is 0 Å². The Morgan fingerprint density at radius 2 is 1.50 bits per heavy atom. The second kappa shape index (κ2) is 12.2. The van der Waals surface area contributed by atoms with Crippen LogP contribution in [0.1, 0.15) is 64.4 Å². The average Bonchev–Trinajstić information content (AvgIpc) is 2.41. The zero-order valence-electron chi connectivity index (χ0n) is 14.2. The number of hydrogen-bond donors (Lipinski definition) is 0. The third kappa shape index (κ3) is 9.80. The molecule has 0 aliphatic heterocycles. The van der Waals surface area contributed by atoms with Crippen molar-refractivity contribution in [2.45, 2.75) is 70.1 Å². The van der Waals surface area contributed by atoms with E-state index >= 15 is 0 Å². The van der Waals surface area contributed by atoms with Gasteiger partial charge in [0.05, 0.1) is 4.90 Å². The molecule has 0 aliphatic carbocycles. The van der Waals surface area contributed by atoms with Crippen LogP contribution in [0.4, 0.5) is 0 Å². The van der Waals surface area contributed by atoms with Gasteiger partial charge in [0.2, 0.25) is 0 Å². The Labute approximate surface area is 178 Å². The van der Waals surface area contributed by atoms with E-state index in [0.717, 1.165) is 18.8 Å². The minimum absolute atomic E-state index is 0. The molecule has 0 radical (unpaired) electrons. The van der Waals surface area contributed by atoms with Gasteiger partial charge in [-0.1, -0.05) is 70.6 Å². The summed E-state index contributed by atoms with van der Waals surface area (Å²) in [5, 5.41) is 0. The van der Waals surface area contributed by atoms with E-state index in [2.05, 4.69) is 13.8 Å². The van der Waals surface area contributed by atoms with Gasteiger partial charge in [0.15, 0.2) is 0 Å². The van der Waals surface area contributed by atoms with Gasteiger partial charge in [0.25, 0.3) is 0 Å². The molecule has 0 aliphatic rings. The van der Waals surface area contributed by atoms with Crippen molar-refractivity contribution in [3.63, 3.8) is 0 Å². The first-order chi connectivity index (χ1) is 9.91. The summed E-state index contributed by atoms with van der Waals surface area (Å²) in [7, 11) is -4.35. The van der Waals surface area contributed by atoms with Crippen LogP contribution >= 0.6 is 0 Å². The van der Waals surface area contributed by atoms with E-state index in [4.69, 9.17) is 0 Å². The average molecular weight is 351 g/mol. The zero-order valence-corrected chi connectivity index (χ0v) is 18.1. The van der Waals surface area contributed by atoms with Crippen molar-refractivity contribution in [1.29, 1.82) is 0 Å². The molecule has 0 N–H and O–H groups in total. The SMILES string of the molecule is CC(C)CCCCCCCCc1ccccc1S(=O)(=O)[O-].[K+]. The van der Waals surface area contributed by atoms with Crippen LogP contribution in [0.15, 0.2) is 29.2 Å². The second-order valence-electron chi connectivity index (χ2n) is 6.12. The fraction of sp³-hybridized carbons (Fsp3) is 0.647. The molecule has 0 aromatic heterocycles. The summed E-state index contributed by atoms with van der Waals surface area (Å²) in [6.07, 6.45) is 9.02. The van der Waals surface area contributed by atoms with Crippen molar-refractivity contribution in [2.75, 3.05) is 0 Å². The summed E-state index contributed by atoms with van der Waals surface area (Å²) in [4.78, 5) is -0.0538. The van der Waals surface area contributed by atoms with Crippen LogP contribution in [0, 0.1) is 5.92 Å². The minimum Gasteiger partial charge on any atom is -0.744 e. The van der Waals surface area contributed by atoms with E-state index in [1.165, 1.54) is 38.2 Å². The van der Waals surface area contributed by atoms with Crippen LogP contribution in [-0.4, -0.2) is 13.0 Å². The zero-order chi connectivity index (χ0) is 15.7. The summed E-state index contributed by atoms with van der Waals surface area (Å²) in [6, 6.07) is 6.54. The Balaban J connectivity index is 0.00000441. The molecule has 1 rings (SSSR count). The van der Waals surface area contributed by atoms with Gasteiger partial charge in [-0.25, -0.2) is 8.42 Å². The van der Waals surface area contributed by atoms with Crippen molar-refractivity contribution in [3.8, 4) is 0 Å². The molecule has 0 spiro atoms. The topological polar surface area (TPSA) is 57.2 Å². The van der Waals surface area contributed by atoms with Crippen molar-refractivity contribution >= 4 is 10.1 Å². The van der Waals surface area contributed by atoms with Crippen molar-refractivity contribution in [3.05, 3.63) is 29.8 Å². The van der Waals surface area contributed by atoms with E-state index in [1.807, 2.05) is 0 Å². The molecule has 1 aromatic rings. The molecule has 0 atom stereocenters. The molecule has 5 heteroatoms. The summed E-state index contributed by atoms with van der Waals surface area (Å²) in [6.45, 7) is 4.50. The van der Waals surface area contributed by atoms with Gasteiger partial charge >= 0.3 is 51.4 Å². The van der Waals surface area contributed by atoms with Gasteiger partial charge in [0, 0.05) is 0 Å². The van der Waals surface area contributed by atoms with Gasteiger partial charge in [-0.2, -0.15) is 0 Å². The van der Waals surface area contributed by atoms with Crippen LogP contribution in [0.25, 0.3) is 0 Å². The smallest absolute Gasteiger partial charge is 0.744 e. The monoisotopic (exact) mass is 350 g/mol. The van der Waals surface area contributed by atoms with Gasteiger partial charge in [0.1, 0.15) is 10.1 Å². The number of unbranched alkanes of at least 4 members (excludes halogenated alkanes) is 5. The first-order valence-corrected chi connectivity index (χ1v) is 9.36. The molecule has 0 fully saturated rings. The summed E-state index contributed by atoms with van der Waals surface area (Å²) < 4.78 is 33.5. The van der Waals surface area contributed by atoms with Crippen LogP contribution in [0.2, 0.25) is 0 Å². The maximum absolute atomic E-state index is 11.2. The van der Waals surface area contributed by atoms with E-state index < -0.39 is 10.1 Å². The molecule has 0 bridgehead atoms. The first kappa shape index (κ1) is 22.8. The van der Waals surface area contributed by atoms with E-state index in [0.29, 0.717) is 12.0 Å². The molecule has 0 heterocycles. The molecule has 1 aromatic carbocycles. The molecule has 3 nitrogen and oxygen atoms in total. The minimum atomic E-state index is -4.35. The van der Waals surface area contributed by atoms with Gasteiger partial charge in [-0.05, 0) is 30.4 Å². The van der Waals surface area contributed by atoms with E-state index in [9.17, 15) is 13.0 Å². The van der Waals surface area contributed by atoms with Gasteiger partial charge in [-0.15, -0.1) is 0 Å². The summed E-state index contributed by atoms with van der Waals surface area (Å²) in [5.74, 6) is 0.788. The maximum Gasteiger partial charge on any atom is 1.00 e. The molecule has 0 unspecified atom stereocenters. The van der Waals surface area contributed by atoms with Crippen molar-refractivity contribution < 1.29 is 64.4 Å². The normalized spacial score (nSPS) is 11.5. The molecule has 0 amide bonds. The molecular weight excluding hydrogens is 323 g/mol. The fourth-order valence-electron chi connectivity index (χ4n) is 2.53. The Kier molecular flexibility index (Phi) is 12.6. The van der Waals surface area contributed by atoms with Crippen molar-refractivity contribution in [2.24, 2.45) is 5.92 Å². The Hall–Kier alpha value is 0.766. The Bertz CT molecular complexity index is 512. The van der Waals surface area contributed by atoms with Crippen LogP contribution in [0.3, 0.4) is 0 Å². The van der Waals surface area contributed by atoms with E-state index in [-0.39, 0.29) is 56.3 Å². The summed E-state index contributed by atoms with van der Waals surface area (Å²) in [5.41, 5.74) is 0.660. The molecular formula is C17H27KO3S. The quantitative estimate of drug-likeness (QED) is 0.365. The molecule has 0 saturated carbocycles. The molecule has 0 saturated heterocycles. The van der Waals surface area contributed by atoms with E-state index in [1.54, 1.807) is 18.2 Å². The number of aryl methyl sites for hydroxylation is 1. The van der Waals surface area contributed by atoms with Crippen molar-refractivity contribution in [1.82, 2.24) is 0 Å². The number of rotatable bonds is 10. The number of benzene rings is 1. The maximum atomic E-state index is 11.2. The molecule has 22 heavy (non-hydrogen) atoms. The van der Waals surface area contributed by atoms with Crippen LogP contribution in [-0.2, 0) is 16.5 Å². The third-order valence-electron chi connectivity index (χ3n) is 3.72. The predicted molar refractivity (Wildman–Crippen MR) is 85.3 cm³/mol. The van der Waals surface area contributed by atoms with Crippen LogP contribution < -0.4 is 51.4 Å². The van der Waals surface area contributed by atoms with Crippen LogP contribution in [0.5, 0.6) is 0 Å². The Morgan fingerprint density at radius 1 is 0.955 bits per heavy atom. The second-order valence-corrected chi connectivity index (χ2v) is 7.46. The summed E-state index contributed by atoms with van der Waals surface area (Å²) >= 11 is 0. The Morgan fingerprint density at radius 3 is 2.09 bits per heavy atom. The van der Waals surface area contributed by atoms with Gasteiger partial charge < -0.3 is 4.55 Å². The number of hydrogen-bond acceptors (Lipinski definition) is 3. The predicted octanol–water partition coefficient (Wildman–Crippen LogP) is 1.52. The third-order valence-corrected chi connectivity index (χ3v) is 4.66.